The lowest BCUT2D eigenvalue weighted by atomic mass is 10.3. The summed E-state index contributed by atoms with van der Waals surface area (Å²) in [5.74, 6) is -1.31. The van der Waals surface area contributed by atoms with Crippen molar-refractivity contribution in [3.8, 4) is 11.5 Å². The highest BCUT2D eigenvalue weighted by Crippen LogP contribution is 2.14. The number of hydrogen-bond donors (Lipinski definition) is 0. The predicted molar refractivity (Wildman–Crippen MR) is 45.5 cm³/mol. The molecule has 0 aliphatic heterocycles. The van der Waals surface area contributed by atoms with Gasteiger partial charge in [-0.1, -0.05) is 0 Å². The first-order valence-electron chi connectivity index (χ1n) is 4.02. The smallest absolute Gasteiger partial charge is 0.224 e. The molecule has 0 fully saturated rings. The van der Waals surface area contributed by atoms with Crippen LogP contribution in [-0.4, -0.2) is 25.4 Å². The van der Waals surface area contributed by atoms with Gasteiger partial charge < -0.3 is 0 Å². The average molecular weight is 209 g/mol. The molecule has 15 heavy (non-hydrogen) atoms. The van der Waals surface area contributed by atoms with Gasteiger partial charge in [-0.15, -0.1) is 20.4 Å². The molecule has 2 rings (SSSR count). The van der Waals surface area contributed by atoms with Crippen molar-refractivity contribution < 1.29 is 8.78 Å². The molecule has 0 aliphatic carbocycles. The molecule has 0 N–H and O–H groups in total. The molecule has 76 valence electrons. The van der Waals surface area contributed by atoms with Crippen LogP contribution in [0.25, 0.3) is 11.5 Å². The van der Waals surface area contributed by atoms with Crippen LogP contribution in [-0.2, 0) is 0 Å². The minimum Gasteiger partial charge on any atom is -0.247 e. The summed E-state index contributed by atoms with van der Waals surface area (Å²) >= 11 is 0. The fraction of sp³-hybridized carbons (Fsp3) is 0.125. The predicted octanol–water partition coefficient (Wildman–Crippen LogP) is 0.915. The molecular weight excluding hydrogens is 204 g/mol. The Labute approximate surface area is 83.2 Å². The van der Waals surface area contributed by atoms with Crippen LogP contribution in [0.4, 0.5) is 8.78 Å². The number of halogens is 2. The largest absolute Gasteiger partial charge is 0.247 e. The van der Waals surface area contributed by atoms with Gasteiger partial charge in [0, 0.05) is 6.07 Å². The van der Waals surface area contributed by atoms with Gasteiger partial charge in [-0.25, -0.2) is 13.8 Å². The molecule has 0 unspecified atom stereocenters. The van der Waals surface area contributed by atoms with E-state index in [9.17, 15) is 8.78 Å². The van der Waals surface area contributed by atoms with Crippen LogP contribution >= 0.6 is 0 Å². The summed E-state index contributed by atoms with van der Waals surface area (Å²) in [6.07, 6.45) is 0.877. The monoisotopic (exact) mass is 209 g/mol. The fourth-order valence-corrected chi connectivity index (χ4v) is 0.953. The maximum absolute atomic E-state index is 13.2. The van der Waals surface area contributed by atoms with Crippen LogP contribution in [0.3, 0.4) is 0 Å². The molecule has 2 heterocycles. The van der Waals surface area contributed by atoms with E-state index in [0.29, 0.717) is 11.9 Å². The van der Waals surface area contributed by atoms with Gasteiger partial charge in [0.25, 0.3) is 0 Å². The zero-order chi connectivity index (χ0) is 10.8. The third-order valence-electron chi connectivity index (χ3n) is 1.60. The van der Waals surface area contributed by atoms with E-state index in [1.54, 1.807) is 6.92 Å². The normalized spacial score (nSPS) is 10.3. The van der Waals surface area contributed by atoms with Gasteiger partial charge in [-0.05, 0) is 6.92 Å². The number of pyridine rings is 1. The molecule has 0 atom stereocenters. The zero-order valence-electron chi connectivity index (χ0n) is 7.65. The van der Waals surface area contributed by atoms with Gasteiger partial charge in [-0.3, -0.25) is 0 Å². The van der Waals surface area contributed by atoms with Crippen molar-refractivity contribution in [3.63, 3.8) is 0 Å². The Balaban J connectivity index is 2.49. The Morgan fingerprint density at radius 1 is 1.07 bits per heavy atom. The quantitative estimate of drug-likeness (QED) is 0.698. The maximum Gasteiger partial charge on any atom is 0.224 e. The molecule has 0 aliphatic rings. The third kappa shape index (κ3) is 1.90. The molecule has 7 heteroatoms. The molecule has 2 aromatic heterocycles. The number of hydrogen-bond acceptors (Lipinski definition) is 5. The lowest BCUT2D eigenvalue weighted by Crippen LogP contribution is -2.02. The van der Waals surface area contributed by atoms with E-state index in [-0.39, 0.29) is 11.5 Å². The van der Waals surface area contributed by atoms with Crippen LogP contribution in [0.15, 0.2) is 12.3 Å². The van der Waals surface area contributed by atoms with Crippen molar-refractivity contribution in [2.24, 2.45) is 0 Å². The number of nitrogens with zero attached hydrogens (tertiary/aromatic N) is 5. The van der Waals surface area contributed by atoms with Crippen LogP contribution in [0.5, 0.6) is 0 Å². The molecule has 0 amide bonds. The van der Waals surface area contributed by atoms with Crippen molar-refractivity contribution in [1.82, 2.24) is 25.4 Å². The van der Waals surface area contributed by atoms with Crippen molar-refractivity contribution in [2.75, 3.05) is 0 Å². The van der Waals surface area contributed by atoms with Gasteiger partial charge in [-0.2, -0.15) is 0 Å². The van der Waals surface area contributed by atoms with E-state index < -0.39 is 11.6 Å². The van der Waals surface area contributed by atoms with Crippen LogP contribution in [0.2, 0.25) is 0 Å². The topological polar surface area (TPSA) is 64.5 Å². The number of aromatic nitrogens is 5. The van der Waals surface area contributed by atoms with E-state index in [1.807, 2.05) is 0 Å². The second kappa shape index (κ2) is 3.60. The van der Waals surface area contributed by atoms with Gasteiger partial charge in [0.2, 0.25) is 5.82 Å². The highest BCUT2D eigenvalue weighted by atomic mass is 19.1. The summed E-state index contributed by atoms with van der Waals surface area (Å²) in [4.78, 5) is 3.52. The van der Waals surface area contributed by atoms with E-state index in [2.05, 4.69) is 25.4 Å². The van der Waals surface area contributed by atoms with Crippen LogP contribution in [0, 0.1) is 18.6 Å². The van der Waals surface area contributed by atoms with E-state index in [0.717, 1.165) is 6.20 Å². The first kappa shape index (κ1) is 9.50. The van der Waals surface area contributed by atoms with Crippen molar-refractivity contribution in [2.45, 2.75) is 6.92 Å². The van der Waals surface area contributed by atoms with Crippen LogP contribution < -0.4 is 0 Å². The van der Waals surface area contributed by atoms with Gasteiger partial charge in [0.05, 0.1) is 6.20 Å². The molecule has 0 radical (unpaired) electrons. The summed E-state index contributed by atoms with van der Waals surface area (Å²) < 4.78 is 25.8. The van der Waals surface area contributed by atoms with Crippen molar-refractivity contribution in [1.29, 1.82) is 0 Å². The van der Waals surface area contributed by atoms with E-state index in [1.165, 1.54) is 0 Å². The Morgan fingerprint density at radius 3 is 2.33 bits per heavy atom. The fourth-order valence-electron chi connectivity index (χ4n) is 0.953. The minimum atomic E-state index is -0.845. The average Bonchev–Trinajstić information content (AvgIpc) is 2.20. The SMILES string of the molecule is Cc1nnc(-c2ncc(F)cc2F)nn1. The first-order valence-corrected chi connectivity index (χ1v) is 4.02. The van der Waals surface area contributed by atoms with Gasteiger partial charge in [0.1, 0.15) is 11.5 Å². The van der Waals surface area contributed by atoms with E-state index >= 15 is 0 Å². The summed E-state index contributed by atoms with van der Waals surface area (Å²) in [7, 11) is 0. The summed E-state index contributed by atoms with van der Waals surface area (Å²) in [6.45, 7) is 1.60. The Hall–Kier alpha value is -2.05. The van der Waals surface area contributed by atoms with Gasteiger partial charge in [0.15, 0.2) is 11.6 Å². The lowest BCUT2D eigenvalue weighted by molar-refractivity contribution is 0.574. The van der Waals surface area contributed by atoms with E-state index in [4.69, 9.17) is 0 Å². The summed E-state index contributed by atoms with van der Waals surface area (Å²) in [6, 6.07) is 0.700. The molecular formula is C8H5F2N5. The van der Waals surface area contributed by atoms with Crippen LogP contribution in [0.1, 0.15) is 5.82 Å². The molecule has 0 saturated carbocycles. The number of aryl methyl sites for hydroxylation is 1. The highest BCUT2D eigenvalue weighted by Gasteiger charge is 2.11. The zero-order valence-corrected chi connectivity index (χ0v) is 7.65. The lowest BCUT2D eigenvalue weighted by Gasteiger charge is -1.98. The third-order valence-corrected chi connectivity index (χ3v) is 1.60. The minimum absolute atomic E-state index is 0.0712. The standard InChI is InChI=1S/C8H5F2N5/c1-4-12-14-8(15-13-4)7-6(10)2-5(9)3-11-7/h2-3H,1H3. The Kier molecular flexibility index (Phi) is 2.28. The number of rotatable bonds is 1. The summed E-state index contributed by atoms with van der Waals surface area (Å²) in [5.41, 5.74) is -0.170. The molecule has 5 nitrogen and oxygen atoms in total. The molecule has 0 bridgehead atoms. The molecule has 0 saturated heterocycles. The van der Waals surface area contributed by atoms with Crippen molar-refractivity contribution >= 4 is 0 Å². The van der Waals surface area contributed by atoms with Crippen molar-refractivity contribution in [3.05, 3.63) is 29.7 Å². The Bertz CT molecular complexity index is 485. The second-order valence-corrected chi connectivity index (χ2v) is 2.75. The highest BCUT2D eigenvalue weighted by molar-refractivity contribution is 5.47. The Morgan fingerprint density at radius 2 is 1.73 bits per heavy atom. The molecule has 0 aromatic carbocycles. The first-order chi connectivity index (χ1) is 7.16. The molecule has 0 spiro atoms. The summed E-state index contributed by atoms with van der Waals surface area (Å²) in [5, 5.41) is 14.4. The molecule has 2 aromatic rings. The maximum atomic E-state index is 13.2. The van der Waals surface area contributed by atoms with Gasteiger partial charge >= 0.3 is 0 Å². The second-order valence-electron chi connectivity index (χ2n) is 2.75.